The Balaban J connectivity index is 1.45. The highest BCUT2D eigenvalue weighted by Gasteiger charge is 2.19. The lowest BCUT2D eigenvalue weighted by Gasteiger charge is -2.11. The number of nitrogens with zero attached hydrogens (tertiary/aromatic N) is 3. The van der Waals surface area contributed by atoms with Crippen LogP contribution in [0.15, 0.2) is 60.0 Å². The lowest BCUT2D eigenvalue weighted by Crippen LogP contribution is -2.13. The molecule has 4 aromatic rings. The first-order valence-corrected chi connectivity index (χ1v) is 11.2. The molecule has 31 heavy (non-hydrogen) atoms. The number of thiophene rings is 1. The van der Waals surface area contributed by atoms with Crippen LogP contribution in [0.4, 0.5) is 10.1 Å². The van der Waals surface area contributed by atoms with Gasteiger partial charge in [0.2, 0.25) is 0 Å². The lowest BCUT2D eigenvalue weighted by molar-refractivity contribution is 0.103. The minimum Gasteiger partial charge on any atom is -0.319 e. The van der Waals surface area contributed by atoms with Gasteiger partial charge >= 0.3 is 0 Å². The highest BCUT2D eigenvalue weighted by Crippen LogP contribution is 2.31. The van der Waals surface area contributed by atoms with Crippen LogP contribution in [0, 0.1) is 5.82 Å². The summed E-state index contributed by atoms with van der Waals surface area (Å²) in [4.78, 5) is 13.5. The number of aromatic nitrogens is 3. The van der Waals surface area contributed by atoms with Crippen molar-refractivity contribution in [1.82, 2.24) is 14.8 Å². The van der Waals surface area contributed by atoms with Crippen LogP contribution in [0.2, 0.25) is 0 Å². The fraction of sp³-hybridized carbons (Fsp3) is 0.208. The maximum atomic E-state index is 14.6. The van der Waals surface area contributed by atoms with Gasteiger partial charge in [0.1, 0.15) is 11.6 Å². The van der Waals surface area contributed by atoms with E-state index in [4.69, 9.17) is 0 Å². The molecule has 2 aromatic carbocycles. The van der Waals surface area contributed by atoms with E-state index in [1.54, 1.807) is 12.1 Å². The molecule has 1 amide bonds. The van der Waals surface area contributed by atoms with Crippen molar-refractivity contribution >= 4 is 22.9 Å². The molecule has 5 rings (SSSR count). The van der Waals surface area contributed by atoms with E-state index in [0.717, 1.165) is 54.7 Å². The minimum atomic E-state index is -0.481. The predicted octanol–water partition coefficient (Wildman–Crippen LogP) is 5.79. The molecule has 0 bridgehead atoms. The highest BCUT2D eigenvalue weighted by molar-refractivity contribution is 7.12. The molecule has 3 heterocycles. The summed E-state index contributed by atoms with van der Waals surface area (Å²) < 4.78 is 16.7. The molecule has 5 nitrogen and oxygen atoms in total. The number of halogens is 1. The van der Waals surface area contributed by atoms with E-state index >= 15 is 0 Å². The van der Waals surface area contributed by atoms with Gasteiger partial charge in [-0.2, -0.15) is 0 Å². The van der Waals surface area contributed by atoms with Crippen molar-refractivity contribution in [3.63, 3.8) is 0 Å². The number of aryl methyl sites for hydroxylation is 1. The van der Waals surface area contributed by atoms with Crippen LogP contribution in [-0.2, 0) is 13.0 Å². The van der Waals surface area contributed by atoms with Crippen LogP contribution < -0.4 is 5.32 Å². The summed E-state index contributed by atoms with van der Waals surface area (Å²) in [6, 6.07) is 16.3. The van der Waals surface area contributed by atoms with Gasteiger partial charge in [-0.1, -0.05) is 36.8 Å². The zero-order valence-corrected chi connectivity index (χ0v) is 17.7. The first kappa shape index (κ1) is 19.6. The van der Waals surface area contributed by atoms with Crippen LogP contribution in [0.3, 0.4) is 0 Å². The molecule has 1 N–H and O–H groups in total. The second kappa shape index (κ2) is 8.43. The fourth-order valence-electron chi connectivity index (χ4n) is 3.97. The third kappa shape index (κ3) is 3.88. The molecule has 0 aliphatic carbocycles. The first-order valence-electron chi connectivity index (χ1n) is 10.4. The molecular formula is C24H21FN4OS. The quantitative estimate of drug-likeness (QED) is 0.444. The van der Waals surface area contributed by atoms with E-state index in [-0.39, 0.29) is 11.6 Å². The van der Waals surface area contributed by atoms with Crippen molar-refractivity contribution in [1.29, 1.82) is 0 Å². The van der Waals surface area contributed by atoms with Crippen LogP contribution in [0.1, 0.15) is 34.8 Å². The fourth-order valence-corrected chi connectivity index (χ4v) is 4.78. The number of anilines is 1. The molecule has 156 valence electrons. The average Bonchev–Trinajstić information content (AvgIpc) is 3.38. The maximum absolute atomic E-state index is 14.6. The Morgan fingerprint density at radius 1 is 1.00 bits per heavy atom. The van der Waals surface area contributed by atoms with Gasteiger partial charge in [0.25, 0.3) is 5.91 Å². The number of fused-ring (bicyclic) bond motifs is 1. The molecule has 2 aromatic heterocycles. The SMILES string of the molecule is O=C(Nc1cc(-c2nnc3n2CCCCC3)ccc1F)c1sccc1-c1ccccc1. The monoisotopic (exact) mass is 432 g/mol. The van der Waals surface area contributed by atoms with Crippen molar-refractivity contribution < 1.29 is 9.18 Å². The Hall–Kier alpha value is -3.32. The number of amides is 1. The van der Waals surface area contributed by atoms with Gasteiger partial charge in [0.15, 0.2) is 5.82 Å². The zero-order valence-electron chi connectivity index (χ0n) is 16.8. The van der Waals surface area contributed by atoms with Crippen molar-refractivity contribution in [2.45, 2.75) is 32.2 Å². The molecule has 0 radical (unpaired) electrons. The van der Waals surface area contributed by atoms with Gasteiger partial charge in [-0.15, -0.1) is 21.5 Å². The van der Waals surface area contributed by atoms with Crippen molar-refractivity contribution in [2.75, 3.05) is 5.32 Å². The number of carbonyl (C=O) groups is 1. The number of rotatable bonds is 4. The smallest absolute Gasteiger partial charge is 0.266 e. The molecule has 0 unspecified atom stereocenters. The zero-order chi connectivity index (χ0) is 21.2. The molecule has 1 aliphatic heterocycles. The Kier molecular flexibility index (Phi) is 5.34. The average molecular weight is 433 g/mol. The Labute approximate surface area is 183 Å². The van der Waals surface area contributed by atoms with E-state index in [1.807, 2.05) is 41.8 Å². The molecule has 0 atom stereocenters. The van der Waals surface area contributed by atoms with Crippen LogP contribution in [0.25, 0.3) is 22.5 Å². The summed E-state index contributed by atoms with van der Waals surface area (Å²) in [5.41, 5.74) is 2.67. The predicted molar refractivity (Wildman–Crippen MR) is 121 cm³/mol. The summed E-state index contributed by atoms with van der Waals surface area (Å²) in [6.45, 7) is 0.854. The van der Waals surface area contributed by atoms with E-state index < -0.39 is 5.82 Å². The van der Waals surface area contributed by atoms with E-state index in [9.17, 15) is 9.18 Å². The Morgan fingerprint density at radius 3 is 2.74 bits per heavy atom. The number of benzene rings is 2. The number of hydrogen-bond acceptors (Lipinski definition) is 4. The molecular weight excluding hydrogens is 411 g/mol. The number of nitrogens with one attached hydrogen (secondary N) is 1. The molecule has 0 saturated heterocycles. The lowest BCUT2D eigenvalue weighted by atomic mass is 10.1. The van der Waals surface area contributed by atoms with Gasteiger partial charge in [-0.25, -0.2) is 4.39 Å². The summed E-state index contributed by atoms with van der Waals surface area (Å²) in [5, 5.41) is 13.3. The maximum Gasteiger partial charge on any atom is 0.266 e. The highest BCUT2D eigenvalue weighted by atomic mass is 32.1. The second-order valence-electron chi connectivity index (χ2n) is 7.58. The molecule has 7 heteroatoms. The molecule has 0 fully saturated rings. The van der Waals surface area contributed by atoms with E-state index in [2.05, 4.69) is 20.1 Å². The van der Waals surface area contributed by atoms with E-state index in [0.29, 0.717) is 10.7 Å². The molecule has 0 spiro atoms. The van der Waals surface area contributed by atoms with Crippen LogP contribution >= 0.6 is 11.3 Å². The summed E-state index contributed by atoms with van der Waals surface area (Å²) >= 11 is 1.34. The number of hydrogen-bond donors (Lipinski definition) is 1. The van der Waals surface area contributed by atoms with Crippen LogP contribution in [0.5, 0.6) is 0 Å². The standard InChI is InChI=1S/C24H21FN4OS/c25-19-11-10-17(23-28-27-21-9-5-2-6-13-29(21)23)15-20(19)26-24(30)22-18(12-14-31-22)16-7-3-1-4-8-16/h1,3-4,7-8,10-12,14-15H,2,5-6,9,13H2,(H,26,30). The van der Waals surface area contributed by atoms with Gasteiger partial charge in [0.05, 0.1) is 10.6 Å². The van der Waals surface area contributed by atoms with Crippen molar-refractivity contribution in [3.05, 3.63) is 76.5 Å². The number of carbonyl (C=O) groups excluding carboxylic acids is 1. The minimum absolute atomic E-state index is 0.140. The first-order chi connectivity index (χ1) is 15.2. The third-order valence-corrected chi connectivity index (χ3v) is 6.45. The Bertz CT molecular complexity index is 1230. The van der Waals surface area contributed by atoms with Gasteiger partial charge in [-0.3, -0.25) is 4.79 Å². The van der Waals surface area contributed by atoms with Gasteiger partial charge < -0.3 is 9.88 Å². The molecule has 0 saturated carbocycles. The molecule has 1 aliphatic rings. The summed E-state index contributed by atoms with van der Waals surface area (Å²) in [5.74, 6) is 0.873. The normalized spacial score (nSPS) is 13.5. The third-order valence-electron chi connectivity index (χ3n) is 5.54. The largest absolute Gasteiger partial charge is 0.319 e. The Morgan fingerprint density at radius 2 is 1.87 bits per heavy atom. The summed E-state index contributed by atoms with van der Waals surface area (Å²) in [6.07, 6.45) is 4.24. The second-order valence-corrected chi connectivity index (χ2v) is 8.50. The summed E-state index contributed by atoms with van der Waals surface area (Å²) in [7, 11) is 0. The topological polar surface area (TPSA) is 59.8 Å². The van der Waals surface area contributed by atoms with Crippen molar-refractivity contribution in [3.8, 4) is 22.5 Å². The van der Waals surface area contributed by atoms with Gasteiger partial charge in [-0.05, 0) is 48.1 Å². The van der Waals surface area contributed by atoms with E-state index in [1.165, 1.54) is 17.4 Å². The van der Waals surface area contributed by atoms with Gasteiger partial charge in [0, 0.05) is 24.1 Å². The van der Waals surface area contributed by atoms with Crippen molar-refractivity contribution in [2.24, 2.45) is 0 Å². The van der Waals surface area contributed by atoms with Crippen LogP contribution in [-0.4, -0.2) is 20.7 Å².